The maximum atomic E-state index is 12.1. The van der Waals surface area contributed by atoms with Gasteiger partial charge in [0.2, 0.25) is 5.91 Å². The molecule has 1 aliphatic rings. The van der Waals surface area contributed by atoms with Gasteiger partial charge in [0.05, 0.1) is 11.6 Å². The number of rotatable bonds is 3. The molecule has 0 aromatic heterocycles. The Morgan fingerprint density at radius 1 is 1.33 bits per heavy atom. The van der Waals surface area contributed by atoms with E-state index in [1.165, 1.54) is 0 Å². The molecule has 1 heterocycles. The lowest BCUT2D eigenvalue weighted by Gasteiger charge is -2.37. The quantitative estimate of drug-likeness (QED) is 0.900. The number of aliphatic hydroxyl groups is 1. The van der Waals surface area contributed by atoms with Gasteiger partial charge in [0, 0.05) is 18.1 Å². The third-order valence-electron chi connectivity index (χ3n) is 4.04. The number of halogens is 1. The van der Waals surface area contributed by atoms with Gasteiger partial charge in [0.1, 0.15) is 0 Å². The van der Waals surface area contributed by atoms with Crippen molar-refractivity contribution in [2.75, 3.05) is 13.1 Å². The fraction of sp³-hybridized carbons (Fsp3) is 0.562. The Morgan fingerprint density at radius 3 is 2.33 bits per heavy atom. The number of nitrogens with zero attached hydrogens (tertiary/aromatic N) is 1. The first-order valence-corrected chi connectivity index (χ1v) is 7.68. The lowest BCUT2D eigenvalue weighted by molar-refractivity contribution is -0.137. The van der Waals surface area contributed by atoms with E-state index in [1.54, 1.807) is 30.9 Å². The predicted molar refractivity (Wildman–Crippen MR) is 84.0 cm³/mol. The van der Waals surface area contributed by atoms with Crippen molar-refractivity contribution in [2.24, 2.45) is 11.7 Å². The van der Waals surface area contributed by atoms with E-state index in [-0.39, 0.29) is 11.8 Å². The summed E-state index contributed by atoms with van der Waals surface area (Å²) in [7, 11) is 0. The molecule has 4 nitrogen and oxygen atoms in total. The molecule has 1 saturated heterocycles. The minimum atomic E-state index is -0.832. The number of hydrogen-bond donors (Lipinski definition) is 2. The van der Waals surface area contributed by atoms with Gasteiger partial charge in [-0.3, -0.25) is 4.79 Å². The second kappa shape index (κ2) is 6.34. The molecule has 0 aliphatic carbocycles. The van der Waals surface area contributed by atoms with Crippen molar-refractivity contribution >= 4 is 17.5 Å². The largest absolute Gasteiger partial charge is 0.388 e. The van der Waals surface area contributed by atoms with Crippen molar-refractivity contribution in [1.29, 1.82) is 0 Å². The smallest absolute Gasteiger partial charge is 0.242 e. The number of amides is 1. The van der Waals surface area contributed by atoms with Crippen molar-refractivity contribution in [2.45, 2.75) is 38.3 Å². The first-order valence-electron chi connectivity index (χ1n) is 7.31. The minimum absolute atomic E-state index is 0.0260. The monoisotopic (exact) mass is 310 g/mol. The lowest BCUT2D eigenvalue weighted by Crippen LogP contribution is -2.53. The highest BCUT2D eigenvalue weighted by Crippen LogP contribution is 2.31. The molecule has 1 atom stereocenters. The van der Waals surface area contributed by atoms with Crippen molar-refractivity contribution in [3.05, 3.63) is 34.9 Å². The molecular formula is C16H23ClN2O2. The van der Waals surface area contributed by atoms with Gasteiger partial charge >= 0.3 is 0 Å². The number of piperidine rings is 1. The summed E-state index contributed by atoms with van der Waals surface area (Å²) >= 11 is 5.86. The molecule has 1 aliphatic heterocycles. The summed E-state index contributed by atoms with van der Waals surface area (Å²) < 4.78 is 0. The molecule has 0 bridgehead atoms. The summed E-state index contributed by atoms with van der Waals surface area (Å²) in [4.78, 5) is 13.9. The summed E-state index contributed by atoms with van der Waals surface area (Å²) in [5.74, 6) is 0.137. The highest BCUT2D eigenvalue weighted by Gasteiger charge is 2.33. The van der Waals surface area contributed by atoms with Gasteiger partial charge in [-0.2, -0.15) is 0 Å². The fourth-order valence-electron chi connectivity index (χ4n) is 2.76. The molecule has 3 N–H and O–H groups in total. The third kappa shape index (κ3) is 3.96. The van der Waals surface area contributed by atoms with Crippen LogP contribution in [0.25, 0.3) is 0 Å². The molecule has 2 rings (SSSR count). The van der Waals surface area contributed by atoms with Crippen LogP contribution in [0.3, 0.4) is 0 Å². The first kappa shape index (κ1) is 16.3. The lowest BCUT2D eigenvalue weighted by atomic mass is 9.87. The number of nitrogens with two attached hydrogens (primary N) is 1. The molecule has 1 unspecified atom stereocenters. The van der Waals surface area contributed by atoms with Crippen molar-refractivity contribution in [1.82, 2.24) is 4.90 Å². The number of likely N-dealkylation sites (tertiary alicyclic amines) is 1. The van der Waals surface area contributed by atoms with E-state index in [2.05, 4.69) is 0 Å². The average molecular weight is 311 g/mol. The molecule has 1 fully saturated rings. The molecule has 1 amide bonds. The van der Waals surface area contributed by atoms with Crippen LogP contribution in [0.2, 0.25) is 5.02 Å². The second-order valence-electron chi connectivity index (χ2n) is 6.35. The summed E-state index contributed by atoms with van der Waals surface area (Å²) in [6.45, 7) is 4.75. The zero-order chi connectivity index (χ0) is 15.6. The molecule has 1 aromatic rings. The Kier molecular flexibility index (Phi) is 4.91. The molecule has 0 spiro atoms. The summed E-state index contributed by atoms with van der Waals surface area (Å²) in [5, 5.41) is 11.1. The molecule has 5 heteroatoms. The third-order valence-corrected chi connectivity index (χ3v) is 4.29. The molecular weight excluding hydrogens is 288 g/mol. The van der Waals surface area contributed by atoms with Crippen LogP contribution in [0.5, 0.6) is 0 Å². The molecule has 0 saturated carbocycles. The van der Waals surface area contributed by atoms with E-state index < -0.39 is 11.6 Å². The van der Waals surface area contributed by atoms with Gasteiger partial charge in [0.25, 0.3) is 0 Å². The van der Waals surface area contributed by atoms with Crippen molar-refractivity contribution in [3.63, 3.8) is 0 Å². The Bertz CT molecular complexity index is 488. The average Bonchev–Trinajstić information content (AvgIpc) is 2.46. The standard InChI is InChI=1S/C16H23ClN2O2/c1-16(2,18)15(21)19-9-7-12(8-10-19)14(20)11-3-5-13(17)6-4-11/h3-6,12,14,20H,7-10,18H2,1-2H3. The SMILES string of the molecule is CC(C)(N)C(=O)N1CCC(C(O)c2ccc(Cl)cc2)CC1. The van der Waals surface area contributed by atoms with Crippen molar-refractivity contribution in [3.8, 4) is 0 Å². The molecule has 116 valence electrons. The van der Waals surface area contributed by atoms with Gasteiger partial charge < -0.3 is 15.7 Å². The van der Waals surface area contributed by atoms with Crippen LogP contribution in [0.15, 0.2) is 24.3 Å². The number of carbonyl (C=O) groups excluding carboxylic acids is 1. The maximum absolute atomic E-state index is 12.1. The van der Waals surface area contributed by atoms with E-state index in [1.807, 2.05) is 12.1 Å². The van der Waals surface area contributed by atoms with Crippen LogP contribution in [-0.2, 0) is 4.79 Å². The topological polar surface area (TPSA) is 66.6 Å². The van der Waals surface area contributed by atoms with E-state index in [4.69, 9.17) is 17.3 Å². The molecule has 21 heavy (non-hydrogen) atoms. The van der Waals surface area contributed by atoms with Gasteiger partial charge in [0.15, 0.2) is 0 Å². The fourth-order valence-corrected chi connectivity index (χ4v) is 2.88. The highest BCUT2D eigenvalue weighted by atomic mass is 35.5. The minimum Gasteiger partial charge on any atom is -0.388 e. The van der Waals surface area contributed by atoms with Crippen LogP contribution < -0.4 is 5.73 Å². The van der Waals surface area contributed by atoms with Crippen molar-refractivity contribution < 1.29 is 9.90 Å². The van der Waals surface area contributed by atoms with Crippen LogP contribution >= 0.6 is 11.6 Å². The van der Waals surface area contributed by atoms with E-state index in [9.17, 15) is 9.90 Å². The van der Waals surface area contributed by atoms with Gasteiger partial charge in [-0.15, -0.1) is 0 Å². The Hall–Kier alpha value is -1.10. The predicted octanol–water partition coefficient (Wildman–Crippen LogP) is 2.35. The molecule has 1 aromatic carbocycles. The zero-order valence-corrected chi connectivity index (χ0v) is 13.3. The summed E-state index contributed by atoms with van der Waals surface area (Å²) in [6.07, 6.45) is 1.06. The number of aliphatic hydroxyl groups excluding tert-OH is 1. The van der Waals surface area contributed by atoms with Crippen LogP contribution in [0.1, 0.15) is 38.4 Å². The Balaban J connectivity index is 1.94. The Labute approximate surface area is 130 Å². The molecule has 0 radical (unpaired) electrons. The summed E-state index contributed by atoms with van der Waals surface area (Å²) in [6, 6.07) is 7.28. The van der Waals surface area contributed by atoms with Crippen LogP contribution in [0, 0.1) is 5.92 Å². The van der Waals surface area contributed by atoms with Gasteiger partial charge in [-0.1, -0.05) is 23.7 Å². The van der Waals surface area contributed by atoms with Crippen LogP contribution in [0.4, 0.5) is 0 Å². The van der Waals surface area contributed by atoms with Crippen LogP contribution in [-0.4, -0.2) is 34.5 Å². The number of hydrogen-bond acceptors (Lipinski definition) is 3. The van der Waals surface area contributed by atoms with E-state index in [0.29, 0.717) is 18.1 Å². The normalized spacial score (nSPS) is 18.6. The first-order chi connectivity index (χ1) is 9.79. The Morgan fingerprint density at radius 2 is 1.86 bits per heavy atom. The number of benzene rings is 1. The summed E-state index contributed by atoms with van der Waals surface area (Å²) in [5.41, 5.74) is 5.90. The second-order valence-corrected chi connectivity index (χ2v) is 6.78. The van der Waals surface area contributed by atoms with E-state index >= 15 is 0 Å². The van der Waals surface area contributed by atoms with Gasteiger partial charge in [-0.25, -0.2) is 0 Å². The van der Waals surface area contributed by atoms with E-state index in [0.717, 1.165) is 18.4 Å². The zero-order valence-electron chi connectivity index (χ0n) is 12.6. The van der Waals surface area contributed by atoms with Gasteiger partial charge in [-0.05, 0) is 50.3 Å². The highest BCUT2D eigenvalue weighted by molar-refractivity contribution is 6.30. The number of carbonyl (C=O) groups is 1. The maximum Gasteiger partial charge on any atom is 0.242 e.